The Bertz CT molecular complexity index is 2110. The van der Waals surface area contributed by atoms with E-state index in [-0.39, 0.29) is 0 Å². The molecule has 0 amide bonds. The van der Waals surface area contributed by atoms with E-state index in [0.717, 1.165) is 39.9 Å². The zero-order valence-corrected chi connectivity index (χ0v) is 21.1. The van der Waals surface area contributed by atoms with Crippen LogP contribution < -0.4 is 0 Å². The van der Waals surface area contributed by atoms with Gasteiger partial charge in [0.2, 0.25) is 0 Å². The van der Waals surface area contributed by atoms with Gasteiger partial charge in [0.05, 0.1) is 16.6 Å². The molecule has 8 rings (SSSR count). The maximum absolute atomic E-state index is 12.7. The predicted octanol–water partition coefficient (Wildman–Crippen LogP) is 8.74. The third kappa shape index (κ3) is 2.70. The molecule has 0 atom stereocenters. The van der Waals surface area contributed by atoms with Gasteiger partial charge in [-0.15, -0.1) is 0 Å². The molecule has 1 aromatic heterocycles. The van der Waals surface area contributed by atoms with Gasteiger partial charge in [-0.2, -0.15) is 0 Å². The van der Waals surface area contributed by atoms with Crippen molar-refractivity contribution in [1.29, 1.82) is 0 Å². The minimum absolute atomic E-state index is 0.460. The number of carbonyl (C=O) groups is 2. The van der Waals surface area contributed by atoms with Crippen LogP contribution in [0.5, 0.6) is 0 Å². The molecule has 0 fully saturated rings. The molecule has 1 aliphatic rings. The Hall–Kier alpha value is -4.44. The van der Waals surface area contributed by atoms with Crippen LogP contribution in [0.25, 0.3) is 64.9 Å². The van der Waals surface area contributed by atoms with Crippen molar-refractivity contribution in [3.63, 3.8) is 0 Å². The number of ether oxygens (including phenoxy) is 1. The highest BCUT2D eigenvalue weighted by Crippen LogP contribution is 2.46. The van der Waals surface area contributed by atoms with E-state index in [2.05, 4.69) is 60.0 Å². The summed E-state index contributed by atoms with van der Waals surface area (Å²) in [5, 5.41) is 11.2. The van der Waals surface area contributed by atoms with E-state index >= 15 is 0 Å². The maximum atomic E-state index is 12.7. The van der Waals surface area contributed by atoms with Crippen molar-refractivity contribution in [1.82, 2.24) is 4.57 Å². The van der Waals surface area contributed by atoms with E-state index in [1.807, 2.05) is 24.3 Å². The lowest BCUT2D eigenvalue weighted by Gasteiger charge is -2.20. The Morgan fingerprint density at radius 3 is 2.05 bits per heavy atom. The molecule has 0 unspecified atom stereocenters. The number of aryl methyl sites for hydroxylation is 1. The molecule has 0 saturated heterocycles. The van der Waals surface area contributed by atoms with Crippen LogP contribution in [0.15, 0.2) is 72.8 Å². The van der Waals surface area contributed by atoms with Gasteiger partial charge in [-0.05, 0) is 68.4 Å². The third-order valence-corrected chi connectivity index (χ3v) is 8.50. The second-order valence-electron chi connectivity index (χ2n) is 10.5. The van der Waals surface area contributed by atoms with Gasteiger partial charge in [0.15, 0.2) is 0 Å². The van der Waals surface area contributed by atoms with Crippen LogP contribution in [0.4, 0.5) is 0 Å². The molecule has 0 saturated carbocycles. The van der Waals surface area contributed by atoms with E-state index in [4.69, 9.17) is 4.74 Å². The van der Waals surface area contributed by atoms with Gasteiger partial charge in [0.25, 0.3) is 0 Å². The molecule has 6 aromatic carbocycles. The highest BCUT2D eigenvalue weighted by Gasteiger charge is 2.30. The van der Waals surface area contributed by atoms with E-state index in [1.54, 1.807) is 0 Å². The van der Waals surface area contributed by atoms with Gasteiger partial charge < -0.3 is 9.30 Å². The molecule has 2 heterocycles. The highest BCUT2D eigenvalue weighted by molar-refractivity contribution is 6.40. The number of carbonyl (C=O) groups excluding carboxylic acids is 2. The minimum atomic E-state index is -0.571. The van der Waals surface area contributed by atoms with Crippen LogP contribution >= 0.6 is 0 Å². The smallest absolute Gasteiger partial charge is 0.346 e. The van der Waals surface area contributed by atoms with Crippen molar-refractivity contribution < 1.29 is 14.3 Å². The number of fused-ring (bicyclic) bond motifs is 6. The van der Waals surface area contributed by atoms with Crippen LogP contribution in [0, 0.1) is 0 Å². The Kier molecular flexibility index (Phi) is 4.43. The lowest BCUT2D eigenvalue weighted by Crippen LogP contribution is -2.19. The second kappa shape index (κ2) is 7.78. The Morgan fingerprint density at radius 1 is 0.579 bits per heavy atom. The number of hydrogen-bond donors (Lipinski definition) is 0. The van der Waals surface area contributed by atoms with Gasteiger partial charge in [-0.3, -0.25) is 0 Å². The molecule has 0 N–H and O–H groups in total. The van der Waals surface area contributed by atoms with Crippen LogP contribution in [-0.2, 0) is 11.3 Å². The molecule has 4 nitrogen and oxygen atoms in total. The summed E-state index contributed by atoms with van der Waals surface area (Å²) in [6.45, 7) is 3.22. The van der Waals surface area contributed by atoms with Crippen LogP contribution in [0.3, 0.4) is 0 Å². The van der Waals surface area contributed by atoms with Crippen LogP contribution in [-0.4, -0.2) is 16.5 Å². The summed E-state index contributed by atoms with van der Waals surface area (Å²) in [6, 6.07) is 25.3. The largest absolute Gasteiger partial charge is 0.386 e. The Balaban J connectivity index is 1.57. The lowest BCUT2D eigenvalue weighted by atomic mass is 9.85. The monoisotopic (exact) mass is 495 g/mol. The topological polar surface area (TPSA) is 48.3 Å². The number of aromatic nitrogens is 1. The van der Waals surface area contributed by atoms with Crippen molar-refractivity contribution in [2.45, 2.75) is 39.2 Å². The number of para-hydroxylation sites is 1. The number of nitrogens with zero attached hydrogens (tertiary/aromatic N) is 1. The molecule has 0 radical (unpaired) electrons. The van der Waals surface area contributed by atoms with Gasteiger partial charge in [-0.25, -0.2) is 9.59 Å². The van der Waals surface area contributed by atoms with E-state index in [0.29, 0.717) is 16.5 Å². The Morgan fingerprint density at radius 2 is 1.26 bits per heavy atom. The number of esters is 2. The van der Waals surface area contributed by atoms with Crippen molar-refractivity contribution in [2.24, 2.45) is 0 Å². The molecular weight excluding hydrogens is 470 g/mol. The fourth-order valence-electron chi connectivity index (χ4n) is 6.87. The quantitative estimate of drug-likeness (QED) is 0.0788. The molecular formula is C34H25NO3. The van der Waals surface area contributed by atoms with Crippen LogP contribution in [0.1, 0.15) is 53.3 Å². The number of rotatable bonds is 5. The fourth-order valence-corrected chi connectivity index (χ4v) is 6.87. The predicted molar refractivity (Wildman–Crippen MR) is 155 cm³/mol. The van der Waals surface area contributed by atoms with Crippen molar-refractivity contribution >= 4 is 76.8 Å². The normalized spacial score (nSPS) is 13.7. The molecule has 0 aliphatic carbocycles. The second-order valence-corrected chi connectivity index (χ2v) is 10.5. The summed E-state index contributed by atoms with van der Waals surface area (Å²) >= 11 is 0. The average Bonchev–Trinajstić information content (AvgIpc) is 3.26. The van der Waals surface area contributed by atoms with E-state index in [9.17, 15) is 9.59 Å². The first kappa shape index (κ1) is 21.6. The first-order chi connectivity index (χ1) is 18.7. The summed E-state index contributed by atoms with van der Waals surface area (Å²) in [7, 11) is 0. The van der Waals surface area contributed by atoms with Crippen molar-refractivity contribution in [2.75, 3.05) is 0 Å². The van der Waals surface area contributed by atoms with Crippen LogP contribution in [0.2, 0.25) is 0 Å². The number of cyclic esters (lactones) is 2. The summed E-state index contributed by atoms with van der Waals surface area (Å²) in [4.78, 5) is 25.3. The zero-order chi connectivity index (χ0) is 25.5. The standard InChI is InChI=1S/C34H25NO3/c1-2-3-4-7-17-35-27-12-6-5-9-22(27)30-23-11-8-10-19-20-13-15-24-32-25(34(37)38-33(24)36)16-14-21(31(20)32)26(29(19)23)18-28(30)35/h5-6,8-16,18H,2-4,7,17H2,1H3. The van der Waals surface area contributed by atoms with E-state index in [1.165, 1.54) is 51.8 Å². The molecule has 0 spiro atoms. The molecule has 0 bridgehead atoms. The number of unbranched alkanes of at least 4 members (excludes halogenated alkanes) is 3. The molecule has 7 aromatic rings. The average molecular weight is 496 g/mol. The number of benzene rings is 6. The van der Waals surface area contributed by atoms with Gasteiger partial charge >= 0.3 is 11.9 Å². The molecule has 4 heteroatoms. The lowest BCUT2D eigenvalue weighted by molar-refractivity contribution is 0.0391. The van der Waals surface area contributed by atoms with Crippen molar-refractivity contribution in [3.8, 4) is 0 Å². The maximum Gasteiger partial charge on any atom is 0.346 e. The molecule has 1 aliphatic heterocycles. The third-order valence-electron chi connectivity index (χ3n) is 8.50. The summed E-state index contributed by atoms with van der Waals surface area (Å²) in [5.74, 6) is -1.14. The summed E-state index contributed by atoms with van der Waals surface area (Å²) in [6.07, 6.45) is 4.83. The minimum Gasteiger partial charge on any atom is -0.386 e. The summed E-state index contributed by atoms with van der Waals surface area (Å²) < 4.78 is 7.53. The van der Waals surface area contributed by atoms with Gasteiger partial charge in [0, 0.05) is 28.2 Å². The molecule has 184 valence electrons. The molecule has 38 heavy (non-hydrogen) atoms. The fraction of sp³-hybridized carbons (Fsp3) is 0.176. The first-order valence-electron chi connectivity index (χ1n) is 13.5. The van der Waals surface area contributed by atoms with Crippen molar-refractivity contribution in [3.05, 3.63) is 83.9 Å². The number of hydrogen-bond acceptors (Lipinski definition) is 3. The SMILES string of the molecule is CCCCCCn1c2ccccc2c2c3cccc4c5ccc6c7c(ccc(c(cc21)c43)c75)C(=O)OC6=O. The van der Waals surface area contributed by atoms with Gasteiger partial charge in [-0.1, -0.05) is 74.7 Å². The first-order valence-corrected chi connectivity index (χ1v) is 13.5. The zero-order valence-electron chi connectivity index (χ0n) is 21.1. The van der Waals surface area contributed by atoms with Gasteiger partial charge in [0.1, 0.15) is 0 Å². The highest BCUT2D eigenvalue weighted by atomic mass is 16.6. The van der Waals surface area contributed by atoms with E-state index < -0.39 is 11.9 Å². The Labute approximate surface area is 218 Å². The summed E-state index contributed by atoms with van der Waals surface area (Å²) in [5.41, 5.74) is 3.43.